The Kier molecular flexibility index (Phi) is 7.24. The van der Waals surface area contributed by atoms with Crippen molar-refractivity contribution in [1.82, 2.24) is 24.8 Å². The van der Waals surface area contributed by atoms with Crippen molar-refractivity contribution in [3.8, 4) is 5.82 Å². The highest BCUT2D eigenvalue weighted by atomic mass is 32.2. The first kappa shape index (κ1) is 23.4. The fourth-order valence-corrected chi connectivity index (χ4v) is 4.16. The van der Waals surface area contributed by atoms with Gasteiger partial charge in [-0.1, -0.05) is 12.1 Å². The molecule has 0 bridgehead atoms. The lowest BCUT2D eigenvalue weighted by Gasteiger charge is -2.11. The molecule has 170 valence electrons. The van der Waals surface area contributed by atoms with Crippen LogP contribution in [-0.2, 0) is 21.1 Å². The normalized spacial score (nSPS) is 11.5. The van der Waals surface area contributed by atoms with Crippen LogP contribution in [0.15, 0.2) is 47.6 Å². The van der Waals surface area contributed by atoms with Gasteiger partial charge in [0, 0.05) is 31.5 Å². The molecule has 2 heterocycles. The summed E-state index contributed by atoms with van der Waals surface area (Å²) >= 11 is 0. The zero-order chi connectivity index (χ0) is 23.3. The minimum atomic E-state index is -3.31. The third kappa shape index (κ3) is 5.70. The quantitative estimate of drug-likeness (QED) is 0.474. The Hall–Kier alpha value is -3.27. The van der Waals surface area contributed by atoms with Gasteiger partial charge in [-0.25, -0.2) is 23.4 Å². The maximum Gasteiger partial charge on any atom is 0.224 e. The van der Waals surface area contributed by atoms with Gasteiger partial charge in [-0.3, -0.25) is 9.36 Å². The van der Waals surface area contributed by atoms with E-state index in [0.717, 1.165) is 17.2 Å². The summed E-state index contributed by atoms with van der Waals surface area (Å²) < 4.78 is 26.2. The molecule has 2 aromatic heterocycles. The van der Waals surface area contributed by atoms with Crippen LogP contribution in [0.1, 0.15) is 31.1 Å². The number of carbonyl (C=O) groups excluding carboxylic acids is 1. The van der Waals surface area contributed by atoms with Crippen LogP contribution in [0.4, 0.5) is 5.82 Å². The molecule has 0 radical (unpaired) electrons. The summed E-state index contributed by atoms with van der Waals surface area (Å²) in [6, 6.07) is 8.29. The predicted octanol–water partition coefficient (Wildman–Crippen LogP) is 2.23. The number of hydrogen-bond acceptors (Lipinski definition) is 7. The van der Waals surface area contributed by atoms with Crippen molar-refractivity contribution in [1.29, 1.82) is 0 Å². The maximum absolute atomic E-state index is 12.2. The Morgan fingerprint density at radius 1 is 1.09 bits per heavy atom. The number of sulfone groups is 1. The van der Waals surface area contributed by atoms with Crippen LogP contribution >= 0.6 is 0 Å². The number of carbonyl (C=O) groups is 1. The van der Waals surface area contributed by atoms with Gasteiger partial charge in [-0.15, -0.1) is 0 Å². The summed E-state index contributed by atoms with van der Waals surface area (Å²) in [7, 11) is -3.31. The molecule has 0 aliphatic rings. The van der Waals surface area contributed by atoms with Gasteiger partial charge in [0.15, 0.2) is 9.84 Å². The van der Waals surface area contributed by atoms with Gasteiger partial charge in [0.05, 0.1) is 16.6 Å². The van der Waals surface area contributed by atoms with E-state index in [9.17, 15) is 13.2 Å². The summed E-state index contributed by atoms with van der Waals surface area (Å²) in [5.41, 5.74) is 0.755. The van der Waals surface area contributed by atoms with E-state index < -0.39 is 15.1 Å². The molecular weight excluding hydrogens is 428 g/mol. The molecule has 0 saturated heterocycles. The van der Waals surface area contributed by atoms with Crippen molar-refractivity contribution in [3.63, 3.8) is 0 Å². The summed E-state index contributed by atoms with van der Waals surface area (Å²) in [6.07, 6.45) is 3.73. The van der Waals surface area contributed by atoms with Crippen molar-refractivity contribution >= 4 is 21.6 Å². The largest absolute Gasteiger partial charge is 0.368 e. The smallest absolute Gasteiger partial charge is 0.224 e. The number of benzene rings is 1. The lowest BCUT2D eigenvalue weighted by Crippen LogP contribution is -2.30. The number of nitrogens with zero attached hydrogens (tertiary/aromatic N) is 4. The fourth-order valence-electron chi connectivity index (χ4n) is 3.10. The molecule has 0 spiro atoms. The first-order valence-electron chi connectivity index (χ1n) is 10.4. The number of amides is 1. The van der Waals surface area contributed by atoms with Gasteiger partial charge < -0.3 is 10.6 Å². The van der Waals surface area contributed by atoms with Gasteiger partial charge in [0.2, 0.25) is 5.91 Å². The molecule has 0 atom stereocenters. The molecule has 0 saturated carbocycles. The molecule has 1 amide bonds. The van der Waals surface area contributed by atoms with Gasteiger partial charge in [0.1, 0.15) is 23.3 Å². The highest BCUT2D eigenvalue weighted by molar-refractivity contribution is 7.92. The van der Waals surface area contributed by atoms with Gasteiger partial charge >= 0.3 is 0 Å². The van der Waals surface area contributed by atoms with Crippen LogP contribution in [0.25, 0.3) is 5.82 Å². The predicted molar refractivity (Wildman–Crippen MR) is 123 cm³/mol. The number of anilines is 1. The molecule has 0 aliphatic heterocycles. The average molecular weight is 457 g/mol. The van der Waals surface area contributed by atoms with E-state index in [1.807, 2.05) is 30.7 Å². The van der Waals surface area contributed by atoms with E-state index in [4.69, 9.17) is 0 Å². The number of nitrogens with one attached hydrogen (secondary N) is 2. The van der Waals surface area contributed by atoms with E-state index in [1.165, 1.54) is 0 Å². The lowest BCUT2D eigenvalue weighted by atomic mass is 10.1. The summed E-state index contributed by atoms with van der Waals surface area (Å²) in [4.78, 5) is 25.5. The second-order valence-electron chi connectivity index (χ2n) is 7.69. The van der Waals surface area contributed by atoms with Crippen LogP contribution in [0.3, 0.4) is 0 Å². The molecule has 10 heteroatoms. The Balaban J connectivity index is 1.50. The molecule has 2 N–H and O–H groups in total. The fraction of sp³-hybridized carbons (Fsp3) is 0.364. The highest BCUT2D eigenvalue weighted by Crippen LogP contribution is 2.17. The number of hydrogen-bond donors (Lipinski definition) is 2. The average Bonchev–Trinajstić information content (AvgIpc) is 3.17. The highest BCUT2D eigenvalue weighted by Gasteiger charge is 2.18. The third-order valence-corrected chi connectivity index (χ3v) is 7.06. The van der Waals surface area contributed by atoms with E-state index in [2.05, 4.69) is 25.6 Å². The Morgan fingerprint density at radius 2 is 1.81 bits per heavy atom. The molecular formula is C22H28N6O3S. The van der Waals surface area contributed by atoms with E-state index >= 15 is 0 Å². The number of aromatic nitrogens is 4. The van der Waals surface area contributed by atoms with Gasteiger partial charge in [-0.2, -0.15) is 0 Å². The zero-order valence-electron chi connectivity index (χ0n) is 18.7. The summed E-state index contributed by atoms with van der Waals surface area (Å²) in [5, 5.41) is 5.56. The second-order valence-corrected chi connectivity index (χ2v) is 10.2. The molecule has 9 nitrogen and oxygen atoms in total. The van der Waals surface area contributed by atoms with Crippen LogP contribution in [-0.4, -0.2) is 52.2 Å². The minimum absolute atomic E-state index is 0.139. The van der Waals surface area contributed by atoms with E-state index in [-0.39, 0.29) is 17.2 Å². The van der Waals surface area contributed by atoms with Crippen LogP contribution in [0.5, 0.6) is 0 Å². The van der Waals surface area contributed by atoms with Crippen molar-refractivity contribution < 1.29 is 13.2 Å². The first-order valence-corrected chi connectivity index (χ1v) is 11.9. The molecule has 0 fully saturated rings. The van der Waals surface area contributed by atoms with Crippen molar-refractivity contribution in [3.05, 3.63) is 59.9 Å². The zero-order valence-corrected chi connectivity index (χ0v) is 19.5. The Bertz CT molecular complexity index is 1190. The SMILES string of the molecule is Cc1nc(NCCNC(=O)Cc2ccc(S(=O)(=O)C(C)C)cc2)cc(-n2ccnc2C)n1. The van der Waals surface area contributed by atoms with Crippen molar-refractivity contribution in [2.75, 3.05) is 18.4 Å². The second kappa shape index (κ2) is 9.90. The number of aryl methyl sites for hydroxylation is 2. The van der Waals surface area contributed by atoms with E-state index in [1.54, 1.807) is 44.3 Å². The Labute approximate surface area is 188 Å². The Morgan fingerprint density at radius 3 is 2.44 bits per heavy atom. The number of imidazole rings is 1. The van der Waals surface area contributed by atoms with E-state index in [0.29, 0.717) is 24.7 Å². The third-order valence-electron chi connectivity index (χ3n) is 4.89. The van der Waals surface area contributed by atoms with Gasteiger partial charge in [0.25, 0.3) is 0 Å². The standard InChI is InChI=1S/C22H28N6O3S/c1-15(2)32(30,31)19-7-5-18(6-8-19)13-22(29)25-10-9-24-20-14-21(27-16(3)26-20)28-12-11-23-17(28)4/h5-8,11-12,14-15H,9-10,13H2,1-4H3,(H,25,29)(H,24,26,27). The molecule has 3 aromatic rings. The molecule has 1 aromatic carbocycles. The van der Waals surface area contributed by atoms with Crippen LogP contribution in [0, 0.1) is 13.8 Å². The van der Waals surface area contributed by atoms with Gasteiger partial charge in [-0.05, 0) is 45.4 Å². The molecule has 3 rings (SSSR count). The lowest BCUT2D eigenvalue weighted by molar-refractivity contribution is -0.120. The monoisotopic (exact) mass is 456 g/mol. The summed E-state index contributed by atoms with van der Waals surface area (Å²) in [5.74, 6) is 2.71. The molecule has 0 aliphatic carbocycles. The minimum Gasteiger partial charge on any atom is -0.368 e. The van der Waals surface area contributed by atoms with Crippen molar-refractivity contribution in [2.45, 2.75) is 44.3 Å². The molecule has 0 unspecified atom stereocenters. The summed E-state index contributed by atoms with van der Waals surface area (Å²) in [6.45, 7) is 7.93. The van der Waals surface area contributed by atoms with Crippen LogP contribution in [0.2, 0.25) is 0 Å². The molecule has 32 heavy (non-hydrogen) atoms. The topological polar surface area (TPSA) is 119 Å². The van der Waals surface area contributed by atoms with Crippen molar-refractivity contribution in [2.24, 2.45) is 0 Å². The maximum atomic E-state index is 12.2. The number of rotatable bonds is 9. The van der Waals surface area contributed by atoms with Crippen LogP contribution < -0.4 is 10.6 Å². The first-order chi connectivity index (χ1) is 15.2.